The van der Waals surface area contributed by atoms with E-state index < -0.39 is 22.6 Å². The number of halogens is 1. The maximum atomic E-state index is 13.2. The van der Waals surface area contributed by atoms with Gasteiger partial charge in [0, 0.05) is 17.8 Å². The lowest BCUT2D eigenvalue weighted by Crippen LogP contribution is -2.43. The fourth-order valence-corrected chi connectivity index (χ4v) is 2.39. The summed E-state index contributed by atoms with van der Waals surface area (Å²) in [5.41, 5.74) is 0.150. The van der Waals surface area contributed by atoms with E-state index in [9.17, 15) is 24.1 Å². The van der Waals surface area contributed by atoms with E-state index in [2.05, 4.69) is 5.32 Å². The van der Waals surface area contributed by atoms with Crippen LogP contribution in [0.15, 0.2) is 42.5 Å². The van der Waals surface area contributed by atoms with Crippen LogP contribution in [-0.2, 0) is 9.59 Å². The van der Waals surface area contributed by atoms with Gasteiger partial charge in [0.2, 0.25) is 5.91 Å². The van der Waals surface area contributed by atoms with E-state index in [1.54, 1.807) is 0 Å². The van der Waals surface area contributed by atoms with Gasteiger partial charge in [-0.25, -0.2) is 4.39 Å². The van der Waals surface area contributed by atoms with E-state index in [1.807, 2.05) is 0 Å². The quantitative estimate of drug-likeness (QED) is 0.675. The molecular weight excluding hydrogens is 333 g/mol. The van der Waals surface area contributed by atoms with Crippen molar-refractivity contribution in [1.82, 2.24) is 0 Å². The summed E-state index contributed by atoms with van der Waals surface area (Å²) in [4.78, 5) is 35.6. The molecule has 25 heavy (non-hydrogen) atoms. The first kappa shape index (κ1) is 16.4. The van der Waals surface area contributed by atoms with Gasteiger partial charge in [-0.15, -0.1) is 0 Å². The van der Waals surface area contributed by atoms with Gasteiger partial charge in [0.25, 0.3) is 11.6 Å². The van der Waals surface area contributed by atoms with E-state index in [4.69, 9.17) is 4.74 Å². The topological polar surface area (TPSA) is 102 Å². The molecule has 0 aliphatic carbocycles. The van der Waals surface area contributed by atoms with Crippen LogP contribution in [0.25, 0.3) is 0 Å². The number of hydrogen-bond acceptors (Lipinski definition) is 5. The zero-order chi connectivity index (χ0) is 18.0. The summed E-state index contributed by atoms with van der Waals surface area (Å²) in [5, 5.41) is 13.4. The van der Waals surface area contributed by atoms with Gasteiger partial charge in [0.15, 0.2) is 6.61 Å². The fourth-order valence-electron chi connectivity index (χ4n) is 2.39. The Morgan fingerprint density at radius 3 is 2.84 bits per heavy atom. The Bertz CT molecular complexity index is 871. The third-order valence-electron chi connectivity index (χ3n) is 3.51. The van der Waals surface area contributed by atoms with Crippen molar-refractivity contribution >= 4 is 28.9 Å². The molecule has 8 nitrogen and oxygen atoms in total. The summed E-state index contributed by atoms with van der Waals surface area (Å²) in [7, 11) is 0. The summed E-state index contributed by atoms with van der Waals surface area (Å²) < 4.78 is 18.4. The third-order valence-corrected chi connectivity index (χ3v) is 3.51. The SMILES string of the molecule is O=C(CN1C(=O)COc2ccc([N+](=O)[O-])cc21)Nc1cccc(F)c1. The van der Waals surface area contributed by atoms with Gasteiger partial charge in [-0.2, -0.15) is 0 Å². The first-order valence-electron chi connectivity index (χ1n) is 7.21. The fraction of sp³-hybridized carbons (Fsp3) is 0.125. The zero-order valence-electron chi connectivity index (χ0n) is 12.8. The molecule has 2 amide bonds. The molecule has 0 unspecified atom stereocenters. The van der Waals surface area contributed by atoms with Gasteiger partial charge in [0.1, 0.15) is 18.1 Å². The molecule has 0 saturated carbocycles. The summed E-state index contributed by atoms with van der Waals surface area (Å²) in [5.74, 6) is -1.33. The number of hydrogen-bond donors (Lipinski definition) is 1. The molecule has 0 radical (unpaired) electrons. The van der Waals surface area contributed by atoms with Crippen LogP contribution in [0.5, 0.6) is 5.75 Å². The molecule has 0 aromatic heterocycles. The van der Waals surface area contributed by atoms with Crippen LogP contribution in [0.3, 0.4) is 0 Å². The van der Waals surface area contributed by atoms with Crippen molar-refractivity contribution in [2.45, 2.75) is 0 Å². The summed E-state index contributed by atoms with van der Waals surface area (Å²) >= 11 is 0. The molecular formula is C16H12FN3O5. The van der Waals surface area contributed by atoms with Crippen molar-refractivity contribution < 1.29 is 23.6 Å². The van der Waals surface area contributed by atoms with Crippen molar-refractivity contribution in [1.29, 1.82) is 0 Å². The number of nitro groups is 1. The number of benzene rings is 2. The number of anilines is 2. The number of amides is 2. The third kappa shape index (κ3) is 3.55. The first-order chi connectivity index (χ1) is 11.9. The molecule has 1 heterocycles. The van der Waals surface area contributed by atoms with E-state index in [0.717, 1.165) is 11.0 Å². The molecule has 0 saturated heterocycles. The molecule has 0 fully saturated rings. The van der Waals surface area contributed by atoms with Crippen LogP contribution in [0, 0.1) is 15.9 Å². The van der Waals surface area contributed by atoms with Crippen LogP contribution in [0.1, 0.15) is 0 Å². The van der Waals surface area contributed by atoms with Crippen LogP contribution in [-0.4, -0.2) is 29.9 Å². The molecule has 2 aromatic carbocycles. The smallest absolute Gasteiger partial charge is 0.271 e. The Balaban J connectivity index is 1.82. The molecule has 3 rings (SSSR count). The van der Waals surface area contributed by atoms with Gasteiger partial charge >= 0.3 is 0 Å². The van der Waals surface area contributed by atoms with Gasteiger partial charge in [-0.05, 0) is 24.3 Å². The number of ether oxygens (including phenoxy) is 1. The van der Waals surface area contributed by atoms with E-state index >= 15 is 0 Å². The molecule has 1 aliphatic rings. The van der Waals surface area contributed by atoms with Gasteiger partial charge < -0.3 is 10.1 Å². The lowest BCUT2D eigenvalue weighted by Gasteiger charge is -2.28. The highest BCUT2D eigenvalue weighted by Crippen LogP contribution is 2.35. The Kier molecular flexibility index (Phi) is 4.29. The molecule has 128 valence electrons. The summed E-state index contributed by atoms with van der Waals surface area (Å²) in [6.45, 7) is -0.662. The Hall–Kier alpha value is -3.49. The second-order valence-electron chi connectivity index (χ2n) is 5.24. The standard InChI is InChI=1S/C16H12FN3O5/c17-10-2-1-3-11(6-10)18-15(21)8-19-13-7-12(20(23)24)4-5-14(13)25-9-16(19)22/h1-7H,8-9H2,(H,18,21). The van der Waals surface area contributed by atoms with Crippen LogP contribution >= 0.6 is 0 Å². The number of nitrogens with one attached hydrogen (secondary N) is 1. The molecule has 0 bridgehead atoms. The largest absolute Gasteiger partial charge is 0.482 e. The number of carbonyl (C=O) groups excluding carboxylic acids is 2. The predicted molar refractivity (Wildman–Crippen MR) is 86.0 cm³/mol. The van der Waals surface area contributed by atoms with Crippen molar-refractivity contribution in [3.05, 3.63) is 58.4 Å². The molecule has 2 aromatic rings. The minimum atomic E-state index is -0.607. The van der Waals surface area contributed by atoms with E-state index in [1.165, 1.54) is 36.4 Å². The minimum absolute atomic E-state index is 0.139. The van der Waals surface area contributed by atoms with Crippen molar-refractivity contribution in [2.24, 2.45) is 0 Å². The average Bonchev–Trinajstić information content (AvgIpc) is 2.57. The number of nitrogens with zero attached hydrogens (tertiary/aromatic N) is 2. The van der Waals surface area contributed by atoms with Crippen molar-refractivity contribution in [2.75, 3.05) is 23.4 Å². The maximum Gasteiger partial charge on any atom is 0.271 e. The monoisotopic (exact) mass is 345 g/mol. The second kappa shape index (κ2) is 6.56. The van der Waals surface area contributed by atoms with Gasteiger partial charge in [-0.1, -0.05) is 6.07 Å². The Morgan fingerprint density at radius 1 is 1.32 bits per heavy atom. The summed E-state index contributed by atoms with van der Waals surface area (Å²) in [6, 6.07) is 9.09. The number of carbonyl (C=O) groups is 2. The van der Waals surface area contributed by atoms with E-state index in [-0.39, 0.29) is 36.0 Å². The predicted octanol–water partition coefficient (Wildman–Crippen LogP) is 2.10. The van der Waals surface area contributed by atoms with Crippen LogP contribution < -0.4 is 15.0 Å². The van der Waals surface area contributed by atoms with Crippen LogP contribution in [0.4, 0.5) is 21.5 Å². The van der Waals surface area contributed by atoms with Crippen LogP contribution in [0.2, 0.25) is 0 Å². The average molecular weight is 345 g/mol. The molecule has 0 spiro atoms. The Morgan fingerprint density at radius 2 is 2.12 bits per heavy atom. The lowest BCUT2D eigenvalue weighted by atomic mass is 10.2. The molecule has 1 N–H and O–H groups in total. The maximum absolute atomic E-state index is 13.2. The number of fused-ring (bicyclic) bond motifs is 1. The lowest BCUT2D eigenvalue weighted by molar-refractivity contribution is -0.384. The zero-order valence-corrected chi connectivity index (χ0v) is 12.8. The van der Waals surface area contributed by atoms with E-state index in [0.29, 0.717) is 0 Å². The molecule has 1 aliphatic heterocycles. The highest BCUT2D eigenvalue weighted by molar-refractivity contribution is 6.05. The molecule has 9 heteroatoms. The minimum Gasteiger partial charge on any atom is -0.482 e. The number of rotatable bonds is 4. The normalized spacial score (nSPS) is 13.0. The van der Waals surface area contributed by atoms with Gasteiger partial charge in [0.05, 0.1) is 10.6 Å². The van der Waals surface area contributed by atoms with Crippen molar-refractivity contribution in [3.8, 4) is 5.75 Å². The first-order valence-corrected chi connectivity index (χ1v) is 7.21. The van der Waals surface area contributed by atoms with Crippen molar-refractivity contribution in [3.63, 3.8) is 0 Å². The number of nitro benzene ring substituents is 1. The Labute approximate surface area is 141 Å². The molecule has 0 atom stereocenters. The summed E-state index contributed by atoms with van der Waals surface area (Å²) in [6.07, 6.45) is 0. The second-order valence-corrected chi connectivity index (χ2v) is 5.24. The van der Waals surface area contributed by atoms with Gasteiger partial charge in [-0.3, -0.25) is 24.6 Å². The number of non-ortho nitro benzene ring substituents is 1. The highest BCUT2D eigenvalue weighted by Gasteiger charge is 2.29. The highest BCUT2D eigenvalue weighted by atomic mass is 19.1.